The summed E-state index contributed by atoms with van der Waals surface area (Å²) in [4.78, 5) is 16.7. The van der Waals surface area contributed by atoms with Gasteiger partial charge in [-0.1, -0.05) is 37.1 Å². The second-order valence-corrected chi connectivity index (χ2v) is 5.24. The summed E-state index contributed by atoms with van der Waals surface area (Å²) in [6.07, 6.45) is 2.98. The maximum atomic E-state index is 12.5. The van der Waals surface area contributed by atoms with E-state index < -0.39 is 0 Å². The minimum absolute atomic E-state index is 0.0232. The fraction of sp³-hybridized carbons (Fsp3) is 0.438. The van der Waals surface area contributed by atoms with Gasteiger partial charge in [0, 0.05) is 12.6 Å². The predicted molar refractivity (Wildman–Crippen MR) is 84.3 cm³/mol. The Morgan fingerprint density at radius 1 is 1.41 bits per heavy atom. The lowest BCUT2D eigenvalue weighted by molar-refractivity contribution is 0.0936. The van der Waals surface area contributed by atoms with E-state index in [4.69, 9.17) is 10.3 Å². The molecule has 0 saturated carbocycles. The molecule has 6 heteroatoms. The lowest BCUT2D eigenvalue weighted by Gasteiger charge is -2.17. The molecule has 1 aromatic heterocycles. The van der Waals surface area contributed by atoms with Gasteiger partial charge >= 0.3 is 0 Å². The zero-order chi connectivity index (χ0) is 15.9. The van der Waals surface area contributed by atoms with E-state index in [1.807, 2.05) is 12.1 Å². The van der Waals surface area contributed by atoms with Crippen LogP contribution < -0.4 is 11.1 Å². The van der Waals surface area contributed by atoms with Crippen LogP contribution in [0.3, 0.4) is 0 Å². The van der Waals surface area contributed by atoms with Crippen LogP contribution in [0.15, 0.2) is 28.8 Å². The van der Waals surface area contributed by atoms with Crippen LogP contribution in [0.25, 0.3) is 11.5 Å². The standard InChI is InChI=1S/C16H22N4O2/c1-3-4-7-12(10-17)19-15(21)13-8-5-6-9-14(13)16-18-11(2)20-22-16/h5-6,8-9,12H,3-4,7,10,17H2,1-2H3,(H,19,21). The molecule has 0 bridgehead atoms. The van der Waals surface area contributed by atoms with E-state index >= 15 is 0 Å². The highest BCUT2D eigenvalue weighted by molar-refractivity contribution is 6.00. The molecule has 22 heavy (non-hydrogen) atoms. The number of carbonyl (C=O) groups excluding carboxylic acids is 1. The van der Waals surface area contributed by atoms with E-state index in [-0.39, 0.29) is 11.9 Å². The zero-order valence-electron chi connectivity index (χ0n) is 13.0. The number of benzene rings is 1. The van der Waals surface area contributed by atoms with Crippen molar-refractivity contribution in [3.8, 4) is 11.5 Å². The number of hydrogen-bond acceptors (Lipinski definition) is 5. The van der Waals surface area contributed by atoms with Crippen molar-refractivity contribution in [2.75, 3.05) is 6.54 Å². The van der Waals surface area contributed by atoms with Crippen LogP contribution in [0.2, 0.25) is 0 Å². The van der Waals surface area contributed by atoms with E-state index in [1.54, 1.807) is 19.1 Å². The highest BCUT2D eigenvalue weighted by Crippen LogP contribution is 2.22. The van der Waals surface area contributed by atoms with Crippen LogP contribution in [0.4, 0.5) is 0 Å². The minimum Gasteiger partial charge on any atom is -0.348 e. The van der Waals surface area contributed by atoms with E-state index in [0.717, 1.165) is 19.3 Å². The zero-order valence-corrected chi connectivity index (χ0v) is 13.0. The van der Waals surface area contributed by atoms with Crippen molar-refractivity contribution >= 4 is 5.91 Å². The molecule has 0 spiro atoms. The van der Waals surface area contributed by atoms with Gasteiger partial charge < -0.3 is 15.6 Å². The third-order valence-corrected chi connectivity index (χ3v) is 3.46. The second kappa shape index (κ2) is 7.70. The van der Waals surface area contributed by atoms with Gasteiger partial charge in [-0.2, -0.15) is 4.98 Å². The quantitative estimate of drug-likeness (QED) is 0.818. The van der Waals surface area contributed by atoms with Gasteiger partial charge in [0.25, 0.3) is 11.8 Å². The number of aryl methyl sites for hydroxylation is 1. The Bertz CT molecular complexity index is 624. The molecule has 0 fully saturated rings. The van der Waals surface area contributed by atoms with Crippen molar-refractivity contribution in [1.82, 2.24) is 15.5 Å². The molecule has 1 unspecified atom stereocenters. The first-order valence-corrected chi connectivity index (χ1v) is 7.56. The number of amides is 1. The maximum Gasteiger partial charge on any atom is 0.258 e. The Morgan fingerprint density at radius 3 is 2.82 bits per heavy atom. The van der Waals surface area contributed by atoms with E-state index in [9.17, 15) is 4.79 Å². The molecule has 6 nitrogen and oxygen atoms in total. The lowest BCUT2D eigenvalue weighted by atomic mass is 10.1. The lowest BCUT2D eigenvalue weighted by Crippen LogP contribution is -2.40. The molecule has 3 N–H and O–H groups in total. The molecule has 2 rings (SSSR count). The van der Waals surface area contributed by atoms with Crippen LogP contribution >= 0.6 is 0 Å². The third kappa shape index (κ3) is 3.92. The molecule has 1 aromatic carbocycles. The van der Waals surface area contributed by atoms with Gasteiger partial charge in [-0.25, -0.2) is 0 Å². The number of aromatic nitrogens is 2. The summed E-state index contributed by atoms with van der Waals surface area (Å²) in [5.74, 6) is 0.715. The summed E-state index contributed by atoms with van der Waals surface area (Å²) in [5.41, 5.74) is 6.88. The average Bonchev–Trinajstić information content (AvgIpc) is 2.97. The summed E-state index contributed by atoms with van der Waals surface area (Å²) in [5, 5.41) is 6.75. The van der Waals surface area contributed by atoms with Crippen molar-refractivity contribution in [2.24, 2.45) is 5.73 Å². The van der Waals surface area contributed by atoms with Gasteiger partial charge in [-0.15, -0.1) is 0 Å². The average molecular weight is 302 g/mol. The fourth-order valence-corrected chi connectivity index (χ4v) is 2.24. The molecule has 0 aliphatic heterocycles. The smallest absolute Gasteiger partial charge is 0.258 e. The predicted octanol–water partition coefficient (Wildman–Crippen LogP) is 2.29. The number of rotatable bonds is 7. The van der Waals surface area contributed by atoms with Gasteiger partial charge in [0.1, 0.15) is 0 Å². The van der Waals surface area contributed by atoms with Crippen LogP contribution in [0, 0.1) is 6.92 Å². The Balaban J connectivity index is 2.19. The molecule has 0 aliphatic carbocycles. The topological polar surface area (TPSA) is 94.0 Å². The first-order chi connectivity index (χ1) is 10.7. The van der Waals surface area contributed by atoms with E-state index in [2.05, 4.69) is 22.4 Å². The SMILES string of the molecule is CCCCC(CN)NC(=O)c1ccccc1-c1nc(C)no1. The van der Waals surface area contributed by atoms with Crippen LogP contribution in [-0.4, -0.2) is 28.6 Å². The number of hydrogen-bond donors (Lipinski definition) is 2. The van der Waals surface area contributed by atoms with Crippen molar-refractivity contribution in [3.63, 3.8) is 0 Å². The Morgan fingerprint density at radius 2 is 2.18 bits per heavy atom. The fourth-order valence-electron chi connectivity index (χ4n) is 2.24. The summed E-state index contributed by atoms with van der Waals surface area (Å²) in [6.45, 7) is 4.28. The van der Waals surface area contributed by atoms with Crippen molar-refractivity contribution in [2.45, 2.75) is 39.2 Å². The molecule has 1 heterocycles. The van der Waals surface area contributed by atoms with Crippen LogP contribution in [0.5, 0.6) is 0 Å². The van der Waals surface area contributed by atoms with Crippen LogP contribution in [-0.2, 0) is 0 Å². The van der Waals surface area contributed by atoms with Crippen molar-refractivity contribution < 1.29 is 9.32 Å². The molecule has 2 aromatic rings. The molecule has 1 amide bonds. The summed E-state index contributed by atoms with van der Waals surface area (Å²) >= 11 is 0. The number of carbonyl (C=O) groups is 1. The number of nitrogens with two attached hydrogens (primary N) is 1. The first-order valence-electron chi connectivity index (χ1n) is 7.56. The summed E-state index contributed by atoms with van der Waals surface area (Å²) in [7, 11) is 0. The maximum absolute atomic E-state index is 12.5. The Kier molecular flexibility index (Phi) is 5.66. The second-order valence-electron chi connectivity index (χ2n) is 5.24. The molecular weight excluding hydrogens is 280 g/mol. The highest BCUT2D eigenvalue weighted by atomic mass is 16.5. The van der Waals surface area contributed by atoms with E-state index in [0.29, 0.717) is 29.4 Å². The first kappa shape index (κ1) is 16.2. The molecular formula is C16H22N4O2. The Labute approximate surface area is 130 Å². The van der Waals surface area contributed by atoms with E-state index in [1.165, 1.54) is 0 Å². The Hall–Kier alpha value is -2.21. The van der Waals surface area contributed by atoms with Gasteiger partial charge in [-0.3, -0.25) is 4.79 Å². The molecule has 1 atom stereocenters. The summed E-state index contributed by atoms with van der Waals surface area (Å²) in [6, 6.07) is 7.17. The molecule has 118 valence electrons. The van der Waals surface area contributed by atoms with Gasteiger partial charge in [0.2, 0.25) is 0 Å². The van der Waals surface area contributed by atoms with Crippen LogP contribution in [0.1, 0.15) is 42.4 Å². The number of unbranched alkanes of at least 4 members (excludes halogenated alkanes) is 1. The minimum atomic E-state index is -0.169. The number of nitrogens with zero attached hydrogens (tertiary/aromatic N) is 2. The molecule has 0 radical (unpaired) electrons. The van der Waals surface area contributed by atoms with Gasteiger partial charge in [0.05, 0.1) is 11.1 Å². The number of nitrogens with one attached hydrogen (secondary N) is 1. The molecule has 0 saturated heterocycles. The normalized spacial score (nSPS) is 12.1. The van der Waals surface area contributed by atoms with Gasteiger partial charge in [0.15, 0.2) is 5.82 Å². The van der Waals surface area contributed by atoms with Crippen molar-refractivity contribution in [1.29, 1.82) is 0 Å². The van der Waals surface area contributed by atoms with Crippen molar-refractivity contribution in [3.05, 3.63) is 35.7 Å². The monoisotopic (exact) mass is 302 g/mol. The van der Waals surface area contributed by atoms with Gasteiger partial charge in [-0.05, 0) is 25.5 Å². The largest absolute Gasteiger partial charge is 0.348 e. The summed E-state index contributed by atoms with van der Waals surface area (Å²) < 4.78 is 5.17. The third-order valence-electron chi connectivity index (χ3n) is 3.46. The molecule has 0 aliphatic rings. The highest BCUT2D eigenvalue weighted by Gasteiger charge is 2.18.